The Morgan fingerprint density at radius 2 is 1.95 bits per heavy atom. The van der Waals surface area contributed by atoms with E-state index in [9.17, 15) is 9.59 Å². The van der Waals surface area contributed by atoms with Crippen molar-refractivity contribution in [3.05, 3.63) is 36.4 Å². The first-order valence-corrected chi connectivity index (χ1v) is 7.44. The second-order valence-electron chi connectivity index (χ2n) is 5.77. The molecule has 116 valence electrons. The van der Waals surface area contributed by atoms with Crippen LogP contribution in [0.15, 0.2) is 36.4 Å². The summed E-state index contributed by atoms with van der Waals surface area (Å²) in [6.45, 7) is -0.248. The van der Waals surface area contributed by atoms with Gasteiger partial charge in [0.2, 0.25) is 0 Å². The molecule has 0 radical (unpaired) electrons. The van der Waals surface area contributed by atoms with E-state index in [0.29, 0.717) is 23.3 Å². The third-order valence-electron chi connectivity index (χ3n) is 4.30. The normalized spacial score (nSPS) is 25.0. The molecule has 1 aromatic carbocycles. The smallest absolute Gasteiger partial charge is 0.310 e. The summed E-state index contributed by atoms with van der Waals surface area (Å²) < 4.78 is 10.2. The van der Waals surface area contributed by atoms with Gasteiger partial charge in [-0.05, 0) is 48.9 Å². The van der Waals surface area contributed by atoms with Gasteiger partial charge in [-0.25, -0.2) is 0 Å². The van der Waals surface area contributed by atoms with Gasteiger partial charge >= 0.3 is 5.97 Å². The molecule has 2 aliphatic rings. The minimum absolute atomic E-state index is 0.0798. The molecule has 0 saturated heterocycles. The molecule has 2 aliphatic carbocycles. The number of hydrogen-bond acceptors (Lipinski definition) is 4. The number of amides is 1. The van der Waals surface area contributed by atoms with Crippen molar-refractivity contribution in [3.8, 4) is 5.75 Å². The minimum Gasteiger partial charge on any atom is -0.497 e. The van der Waals surface area contributed by atoms with Gasteiger partial charge in [0, 0.05) is 5.69 Å². The summed E-state index contributed by atoms with van der Waals surface area (Å²) in [4.78, 5) is 23.8. The maximum atomic E-state index is 12.0. The molecule has 22 heavy (non-hydrogen) atoms. The van der Waals surface area contributed by atoms with Crippen molar-refractivity contribution in [2.45, 2.75) is 12.8 Å². The lowest BCUT2D eigenvalue weighted by atomic mass is 9.94. The fraction of sp³-hybridized carbons (Fsp3) is 0.412. The van der Waals surface area contributed by atoms with Gasteiger partial charge < -0.3 is 14.8 Å². The zero-order chi connectivity index (χ0) is 15.5. The lowest BCUT2D eigenvalue weighted by Gasteiger charge is -2.16. The molecule has 1 amide bonds. The molecule has 3 rings (SSSR count). The topological polar surface area (TPSA) is 64.6 Å². The Hall–Kier alpha value is -2.30. The van der Waals surface area contributed by atoms with E-state index in [-0.39, 0.29) is 24.4 Å². The summed E-state index contributed by atoms with van der Waals surface area (Å²) >= 11 is 0. The number of anilines is 1. The Kier molecular flexibility index (Phi) is 4.13. The Morgan fingerprint density at radius 3 is 2.55 bits per heavy atom. The van der Waals surface area contributed by atoms with Crippen LogP contribution in [0.5, 0.6) is 5.75 Å². The highest BCUT2D eigenvalue weighted by molar-refractivity contribution is 5.93. The third kappa shape index (κ3) is 3.13. The van der Waals surface area contributed by atoms with Crippen molar-refractivity contribution in [1.82, 2.24) is 0 Å². The summed E-state index contributed by atoms with van der Waals surface area (Å²) in [5.74, 6) is 0.842. The van der Waals surface area contributed by atoms with Crippen LogP contribution in [0, 0.1) is 17.8 Å². The van der Waals surface area contributed by atoms with E-state index in [1.807, 2.05) is 0 Å². The first kappa shape index (κ1) is 14.6. The van der Waals surface area contributed by atoms with Crippen molar-refractivity contribution in [1.29, 1.82) is 0 Å². The number of carbonyl (C=O) groups excluding carboxylic acids is 2. The van der Waals surface area contributed by atoms with Crippen LogP contribution >= 0.6 is 0 Å². The zero-order valence-corrected chi connectivity index (χ0v) is 12.5. The van der Waals surface area contributed by atoms with Crippen LogP contribution in [0.2, 0.25) is 0 Å². The Bertz CT molecular complexity index is 593. The van der Waals surface area contributed by atoms with Crippen LogP contribution in [0.4, 0.5) is 5.69 Å². The Labute approximate surface area is 129 Å². The van der Waals surface area contributed by atoms with Crippen molar-refractivity contribution < 1.29 is 19.1 Å². The number of methoxy groups -OCH3 is 1. The van der Waals surface area contributed by atoms with Gasteiger partial charge in [0.05, 0.1) is 13.0 Å². The van der Waals surface area contributed by atoms with Crippen LogP contribution < -0.4 is 10.1 Å². The molecule has 0 unspecified atom stereocenters. The van der Waals surface area contributed by atoms with Gasteiger partial charge in [-0.15, -0.1) is 0 Å². The van der Waals surface area contributed by atoms with Gasteiger partial charge in [0.15, 0.2) is 6.61 Å². The quantitative estimate of drug-likeness (QED) is 0.670. The van der Waals surface area contributed by atoms with Crippen LogP contribution in [0.3, 0.4) is 0 Å². The van der Waals surface area contributed by atoms with Crippen molar-refractivity contribution in [2.75, 3.05) is 19.0 Å². The van der Waals surface area contributed by atoms with E-state index in [2.05, 4.69) is 17.5 Å². The predicted octanol–water partition coefficient (Wildman–Crippen LogP) is 2.39. The minimum atomic E-state index is -0.336. The number of benzene rings is 1. The second kappa shape index (κ2) is 6.22. The summed E-state index contributed by atoms with van der Waals surface area (Å²) in [5.41, 5.74) is 0.643. The summed E-state index contributed by atoms with van der Waals surface area (Å²) in [6.07, 6.45) is 6.15. The van der Waals surface area contributed by atoms with Crippen LogP contribution in [0.1, 0.15) is 12.8 Å². The highest BCUT2D eigenvalue weighted by atomic mass is 16.5. The van der Waals surface area contributed by atoms with E-state index in [0.717, 1.165) is 12.8 Å². The molecule has 5 nitrogen and oxygen atoms in total. The molecule has 0 aromatic heterocycles. The molecular formula is C17H19NO4. The number of rotatable bonds is 5. The Balaban J connectivity index is 1.45. The Morgan fingerprint density at radius 1 is 1.18 bits per heavy atom. The largest absolute Gasteiger partial charge is 0.497 e. The predicted molar refractivity (Wildman–Crippen MR) is 81.4 cm³/mol. The molecule has 1 fully saturated rings. The fourth-order valence-corrected chi connectivity index (χ4v) is 3.17. The molecule has 1 saturated carbocycles. The summed E-state index contributed by atoms with van der Waals surface area (Å²) in [5, 5.41) is 2.69. The average Bonchev–Trinajstić information content (AvgIpc) is 3.16. The van der Waals surface area contributed by atoms with E-state index in [1.54, 1.807) is 31.4 Å². The van der Waals surface area contributed by atoms with Crippen LogP contribution in [0.25, 0.3) is 0 Å². The zero-order valence-electron chi connectivity index (χ0n) is 12.5. The van der Waals surface area contributed by atoms with E-state index in [1.165, 1.54) is 0 Å². The van der Waals surface area contributed by atoms with Crippen molar-refractivity contribution in [2.24, 2.45) is 17.8 Å². The number of carbonyl (C=O) groups is 2. The lowest BCUT2D eigenvalue weighted by molar-refractivity contribution is -0.152. The van der Waals surface area contributed by atoms with Crippen molar-refractivity contribution in [3.63, 3.8) is 0 Å². The lowest BCUT2D eigenvalue weighted by Crippen LogP contribution is -2.26. The van der Waals surface area contributed by atoms with E-state index >= 15 is 0 Å². The number of ether oxygens (including phenoxy) is 2. The number of hydrogen-bond donors (Lipinski definition) is 1. The maximum absolute atomic E-state index is 12.0. The number of allylic oxidation sites excluding steroid dienone is 2. The molecule has 1 N–H and O–H groups in total. The van der Waals surface area contributed by atoms with Crippen molar-refractivity contribution >= 4 is 17.6 Å². The SMILES string of the molecule is COc1ccc(NC(=O)COC(=O)[C@@H]2C[C@@H]3C=C[C@H]2C3)cc1. The van der Waals surface area contributed by atoms with Gasteiger partial charge in [-0.2, -0.15) is 0 Å². The second-order valence-corrected chi connectivity index (χ2v) is 5.77. The highest BCUT2D eigenvalue weighted by Crippen LogP contribution is 2.43. The molecule has 2 bridgehead atoms. The monoisotopic (exact) mass is 301 g/mol. The fourth-order valence-electron chi connectivity index (χ4n) is 3.17. The third-order valence-corrected chi connectivity index (χ3v) is 4.30. The molecule has 5 heteroatoms. The van der Waals surface area contributed by atoms with Crippen LogP contribution in [-0.4, -0.2) is 25.6 Å². The van der Waals surface area contributed by atoms with Gasteiger partial charge in [0.1, 0.15) is 5.75 Å². The number of nitrogens with one attached hydrogen (secondary N) is 1. The number of fused-ring (bicyclic) bond motifs is 2. The molecule has 0 aliphatic heterocycles. The summed E-state index contributed by atoms with van der Waals surface area (Å²) in [7, 11) is 1.58. The first-order chi connectivity index (χ1) is 10.7. The first-order valence-electron chi connectivity index (χ1n) is 7.44. The summed E-state index contributed by atoms with van der Waals surface area (Å²) in [6, 6.07) is 6.98. The molecular weight excluding hydrogens is 282 g/mol. The van der Waals surface area contributed by atoms with E-state index < -0.39 is 0 Å². The maximum Gasteiger partial charge on any atom is 0.310 e. The highest BCUT2D eigenvalue weighted by Gasteiger charge is 2.40. The molecule has 1 aromatic rings. The van der Waals surface area contributed by atoms with Gasteiger partial charge in [-0.1, -0.05) is 12.2 Å². The standard InChI is InChI=1S/C17H19NO4/c1-21-14-6-4-13(5-7-14)18-16(19)10-22-17(20)15-9-11-2-3-12(15)8-11/h2-7,11-12,15H,8-10H2,1H3,(H,18,19)/t11-,12+,15-/m1/s1. The van der Waals surface area contributed by atoms with Crippen LogP contribution in [-0.2, 0) is 14.3 Å². The van der Waals surface area contributed by atoms with Gasteiger partial charge in [-0.3, -0.25) is 9.59 Å². The number of esters is 1. The average molecular weight is 301 g/mol. The molecule has 3 atom stereocenters. The molecule has 0 spiro atoms. The van der Waals surface area contributed by atoms with Gasteiger partial charge in [0.25, 0.3) is 5.91 Å². The molecule has 0 heterocycles. The van der Waals surface area contributed by atoms with E-state index in [4.69, 9.17) is 9.47 Å².